The molecule has 3 nitrogen and oxygen atoms in total. The van der Waals surface area contributed by atoms with E-state index in [9.17, 15) is 0 Å². The lowest BCUT2D eigenvalue weighted by Gasteiger charge is -2.22. The first-order valence-corrected chi connectivity index (χ1v) is 5.72. The molecule has 1 aliphatic heterocycles. The molecule has 2 atom stereocenters. The van der Waals surface area contributed by atoms with Crippen molar-refractivity contribution in [3.05, 3.63) is 0 Å². The van der Waals surface area contributed by atoms with Gasteiger partial charge in [-0.2, -0.15) is 0 Å². The fraction of sp³-hybridized carbons (Fsp3) is 1.00. The van der Waals surface area contributed by atoms with Crippen molar-refractivity contribution in [2.75, 3.05) is 20.1 Å². The van der Waals surface area contributed by atoms with Crippen LogP contribution in [0.25, 0.3) is 0 Å². The summed E-state index contributed by atoms with van der Waals surface area (Å²) in [5, 5.41) is 7.02. The summed E-state index contributed by atoms with van der Waals surface area (Å²) < 4.78 is 0. The van der Waals surface area contributed by atoms with Gasteiger partial charge in [-0.25, -0.2) is 0 Å². The van der Waals surface area contributed by atoms with Gasteiger partial charge in [-0.05, 0) is 20.9 Å². The van der Waals surface area contributed by atoms with Crippen molar-refractivity contribution < 1.29 is 0 Å². The van der Waals surface area contributed by atoms with Gasteiger partial charge in [0.1, 0.15) is 0 Å². The molecule has 0 aromatic heterocycles. The van der Waals surface area contributed by atoms with Crippen LogP contribution in [0.3, 0.4) is 0 Å². The van der Waals surface area contributed by atoms with Gasteiger partial charge < -0.3 is 10.6 Å². The highest BCUT2D eigenvalue weighted by molar-refractivity contribution is 4.94. The Morgan fingerprint density at radius 2 is 1.64 bits per heavy atom. The highest BCUT2D eigenvalue weighted by Crippen LogP contribution is 2.13. The second-order valence-electron chi connectivity index (χ2n) is 4.87. The van der Waals surface area contributed by atoms with E-state index in [2.05, 4.69) is 50.3 Å². The molecule has 1 saturated heterocycles. The van der Waals surface area contributed by atoms with Crippen LogP contribution in [0, 0.1) is 0 Å². The first-order valence-electron chi connectivity index (χ1n) is 5.72. The third-order valence-corrected chi connectivity index (χ3v) is 3.00. The van der Waals surface area contributed by atoms with E-state index < -0.39 is 0 Å². The van der Waals surface area contributed by atoms with Crippen LogP contribution in [0.5, 0.6) is 0 Å². The van der Waals surface area contributed by atoms with E-state index in [1.807, 2.05) is 0 Å². The summed E-state index contributed by atoms with van der Waals surface area (Å²) in [6.07, 6.45) is 0. The zero-order valence-electron chi connectivity index (χ0n) is 10.2. The van der Waals surface area contributed by atoms with Crippen molar-refractivity contribution in [2.45, 2.75) is 51.9 Å². The summed E-state index contributed by atoms with van der Waals surface area (Å²) in [4.78, 5) is 2.53. The van der Waals surface area contributed by atoms with Gasteiger partial charge in [0.25, 0.3) is 0 Å². The van der Waals surface area contributed by atoms with Crippen molar-refractivity contribution in [3.8, 4) is 0 Å². The van der Waals surface area contributed by atoms with E-state index in [4.69, 9.17) is 0 Å². The summed E-state index contributed by atoms with van der Waals surface area (Å²) in [6.45, 7) is 11.3. The van der Waals surface area contributed by atoms with Crippen molar-refractivity contribution in [1.82, 2.24) is 15.5 Å². The molecule has 3 heteroatoms. The Bertz CT molecular complexity index is 168. The molecule has 0 aromatic carbocycles. The molecule has 0 spiro atoms. The smallest absolute Gasteiger partial charge is 0.0363 e. The van der Waals surface area contributed by atoms with E-state index in [0.29, 0.717) is 24.2 Å². The summed E-state index contributed by atoms with van der Waals surface area (Å²) >= 11 is 0. The summed E-state index contributed by atoms with van der Waals surface area (Å²) in [7, 11) is 2.06. The fourth-order valence-electron chi connectivity index (χ4n) is 2.15. The second-order valence-corrected chi connectivity index (χ2v) is 4.87. The zero-order chi connectivity index (χ0) is 10.7. The Kier molecular flexibility index (Phi) is 4.35. The monoisotopic (exact) mass is 199 g/mol. The number of rotatable bonds is 4. The minimum absolute atomic E-state index is 0.572. The third kappa shape index (κ3) is 2.94. The molecular formula is C11H25N3. The number of hydrogen-bond donors (Lipinski definition) is 2. The highest BCUT2D eigenvalue weighted by atomic mass is 15.3. The minimum atomic E-state index is 0.572. The standard InChI is InChI=1S/C11H25N3/c1-8(2)13-11-7-14(9(3)4)6-10(11)12-5/h8-13H,6-7H2,1-5H3/t10?,11-/m1/s1. The minimum Gasteiger partial charge on any atom is -0.314 e. The molecular weight excluding hydrogens is 174 g/mol. The zero-order valence-corrected chi connectivity index (χ0v) is 10.2. The van der Waals surface area contributed by atoms with E-state index >= 15 is 0 Å². The summed E-state index contributed by atoms with van der Waals surface area (Å²) in [5.41, 5.74) is 0. The number of likely N-dealkylation sites (N-methyl/N-ethyl adjacent to an activating group) is 1. The predicted octanol–water partition coefficient (Wildman–Crippen LogP) is 0.665. The molecule has 1 aliphatic rings. The van der Waals surface area contributed by atoms with Gasteiger partial charge in [0.15, 0.2) is 0 Å². The van der Waals surface area contributed by atoms with E-state index in [-0.39, 0.29) is 0 Å². The molecule has 0 radical (unpaired) electrons. The summed E-state index contributed by atoms with van der Waals surface area (Å²) in [5.74, 6) is 0. The van der Waals surface area contributed by atoms with Gasteiger partial charge in [-0.3, -0.25) is 4.90 Å². The second kappa shape index (κ2) is 5.10. The molecule has 1 rings (SSSR count). The fourth-order valence-corrected chi connectivity index (χ4v) is 2.15. The normalized spacial score (nSPS) is 29.4. The number of nitrogens with zero attached hydrogens (tertiary/aromatic N) is 1. The van der Waals surface area contributed by atoms with Gasteiger partial charge in [0.05, 0.1) is 0 Å². The van der Waals surface area contributed by atoms with E-state index in [1.54, 1.807) is 0 Å². The van der Waals surface area contributed by atoms with Crippen molar-refractivity contribution in [1.29, 1.82) is 0 Å². The van der Waals surface area contributed by atoms with Crippen LogP contribution < -0.4 is 10.6 Å². The molecule has 84 valence electrons. The van der Waals surface area contributed by atoms with Gasteiger partial charge in [-0.15, -0.1) is 0 Å². The van der Waals surface area contributed by atoms with Crippen molar-refractivity contribution in [2.24, 2.45) is 0 Å². The van der Waals surface area contributed by atoms with Gasteiger partial charge in [0.2, 0.25) is 0 Å². The van der Waals surface area contributed by atoms with Gasteiger partial charge in [-0.1, -0.05) is 13.8 Å². The lowest BCUT2D eigenvalue weighted by molar-refractivity contribution is 0.264. The highest BCUT2D eigenvalue weighted by Gasteiger charge is 2.32. The lowest BCUT2D eigenvalue weighted by atomic mass is 10.1. The van der Waals surface area contributed by atoms with Crippen molar-refractivity contribution >= 4 is 0 Å². The van der Waals surface area contributed by atoms with Crippen LogP contribution in [0.1, 0.15) is 27.7 Å². The quantitative estimate of drug-likeness (QED) is 0.697. The van der Waals surface area contributed by atoms with Gasteiger partial charge in [0, 0.05) is 37.3 Å². The molecule has 0 aromatic rings. The molecule has 1 unspecified atom stereocenters. The SMILES string of the molecule is CNC1CN(C(C)C)C[C@H]1NC(C)C. The number of nitrogens with one attached hydrogen (secondary N) is 2. The van der Waals surface area contributed by atoms with Crippen LogP contribution in [0.15, 0.2) is 0 Å². The largest absolute Gasteiger partial charge is 0.314 e. The Labute approximate surface area is 88.2 Å². The Balaban J connectivity index is 2.49. The van der Waals surface area contributed by atoms with Crippen LogP contribution in [-0.4, -0.2) is 49.2 Å². The van der Waals surface area contributed by atoms with E-state index in [1.165, 1.54) is 13.1 Å². The van der Waals surface area contributed by atoms with Crippen molar-refractivity contribution in [3.63, 3.8) is 0 Å². The molecule has 1 heterocycles. The molecule has 0 bridgehead atoms. The molecule has 0 saturated carbocycles. The maximum absolute atomic E-state index is 3.62. The topological polar surface area (TPSA) is 27.3 Å². The Morgan fingerprint density at radius 1 is 1.07 bits per heavy atom. The van der Waals surface area contributed by atoms with Crippen LogP contribution in [-0.2, 0) is 0 Å². The third-order valence-electron chi connectivity index (χ3n) is 3.00. The van der Waals surface area contributed by atoms with Gasteiger partial charge >= 0.3 is 0 Å². The molecule has 0 amide bonds. The molecule has 14 heavy (non-hydrogen) atoms. The average molecular weight is 199 g/mol. The number of hydrogen-bond acceptors (Lipinski definition) is 3. The summed E-state index contributed by atoms with van der Waals surface area (Å²) in [6, 6.07) is 2.43. The van der Waals surface area contributed by atoms with Crippen LogP contribution in [0.4, 0.5) is 0 Å². The molecule has 0 aliphatic carbocycles. The van der Waals surface area contributed by atoms with Crippen LogP contribution in [0.2, 0.25) is 0 Å². The molecule has 1 fully saturated rings. The van der Waals surface area contributed by atoms with Crippen LogP contribution >= 0.6 is 0 Å². The lowest BCUT2D eigenvalue weighted by Crippen LogP contribution is -2.48. The molecule has 2 N–H and O–H groups in total. The Morgan fingerprint density at radius 3 is 2.07 bits per heavy atom. The van der Waals surface area contributed by atoms with E-state index in [0.717, 1.165) is 0 Å². The first-order chi connectivity index (χ1) is 6.54. The maximum atomic E-state index is 3.62. The Hall–Kier alpha value is -0.120. The predicted molar refractivity (Wildman–Crippen MR) is 61.6 cm³/mol. The average Bonchev–Trinajstić information content (AvgIpc) is 2.46. The number of likely N-dealkylation sites (tertiary alicyclic amines) is 1. The first kappa shape index (κ1) is 12.0. The maximum Gasteiger partial charge on any atom is 0.0363 e.